The lowest BCUT2D eigenvalue weighted by Crippen LogP contribution is -2.36. The molecule has 1 aromatic heterocycles. The first-order chi connectivity index (χ1) is 12.2. The van der Waals surface area contributed by atoms with Gasteiger partial charge in [0.05, 0.1) is 0 Å². The smallest absolute Gasteiger partial charge is 0.222 e. The van der Waals surface area contributed by atoms with E-state index in [1.165, 1.54) is 11.6 Å². The highest BCUT2D eigenvalue weighted by atomic mass is 19.1. The minimum atomic E-state index is -0.190. The van der Waals surface area contributed by atoms with Crippen LogP contribution in [0.3, 0.4) is 0 Å². The zero-order valence-electron chi connectivity index (χ0n) is 14.3. The van der Waals surface area contributed by atoms with Crippen molar-refractivity contribution in [3.05, 3.63) is 65.7 Å². The van der Waals surface area contributed by atoms with E-state index in [2.05, 4.69) is 10.3 Å². The number of aromatic nitrogens is 1. The Morgan fingerprint density at radius 3 is 2.80 bits per heavy atom. The molecule has 25 heavy (non-hydrogen) atoms. The van der Waals surface area contributed by atoms with E-state index in [0.29, 0.717) is 24.9 Å². The minimum absolute atomic E-state index is 0.190. The van der Waals surface area contributed by atoms with Crippen LogP contribution in [0.2, 0.25) is 0 Å². The number of carbonyl (C=O) groups excluding carboxylic acids is 1. The van der Waals surface area contributed by atoms with Crippen LogP contribution in [0.5, 0.6) is 0 Å². The Labute approximate surface area is 148 Å². The van der Waals surface area contributed by atoms with Crippen molar-refractivity contribution in [2.24, 2.45) is 0 Å². The number of rotatable bonds is 8. The second kappa shape index (κ2) is 8.72. The number of halogens is 1. The SMILES string of the molecule is O=C1CCC(CCNCc2ccncc2)N1CCc1ccccc1F. The van der Waals surface area contributed by atoms with Crippen molar-refractivity contribution in [3.8, 4) is 0 Å². The van der Waals surface area contributed by atoms with Crippen molar-refractivity contribution < 1.29 is 9.18 Å². The number of amides is 1. The summed E-state index contributed by atoms with van der Waals surface area (Å²) in [5.41, 5.74) is 1.88. The maximum Gasteiger partial charge on any atom is 0.222 e. The summed E-state index contributed by atoms with van der Waals surface area (Å²) in [4.78, 5) is 18.1. The monoisotopic (exact) mass is 341 g/mol. The number of hydrogen-bond acceptors (Lipinski definition) is 3. The topological polar surface area (TPSA) is 45.2 Å². The molecule has 0 spiro atoms. The van der Waals surface area contributed by atoms with Gasteiger partial charge in [-0.2, -0.15) is 0 Å². The Morgan fingerprint density at radius 2 is 2.00 bits per heavy atom. The van der Waals surface area contributed by atoms with Gasteiger partial charge in [-0.05, 0) is 55.1 Å². The average Bonchev–Trinajstić information content (AvgIpc) is 2.99. The quantitative estimate of drug-likeness (QED) is 0.751. The first-order valence-electron chi connectivity index (χ1n) is 8.86. The summed E-state index contributed by atoms with van der Waals surface area (Å²) in [6, 6.07) is 11.0. The van der Waals surface area contributed by atoms with Crippen LogP contribution in [0.4, 0.5) is 4.39 Å². The van der Waals surface area contributed by atoms with Gasteiger partial charge < -0.3 is 10.2 Å². The second-order valence-electron chi connectivity index (χ2n) is 6.44. The Hall–Kier alpha value is -2.27. The predicted octanol–water partition coefficient (Wildman–Crippen LogP) is 2.93. The van der Waals surface area contributed by atoms with Gasteiger partial charge in [0, 0.05) is 37.9 Å². The summed E-state index contributed by atoms with van der Waals surface area (Å²) < 4.78 is 13.7. The molecule has 5 heteroatoms. The van der Waals surface area contributed by atoms with Gasteiger partial charge >= 0.3 is 0 Å². The van der Waals surface area contributed by atoms with Gasteiger partial charge in [0.15, 0.2) is 0 Å². The third-order valence-corrected chi connectivity index (χ3v) is 4.77. The Morgan fingerprint density at radius 1 is 1.20 bits per heavy atom. The minimum Gasteiger partial charge on any atom is -0.339 e. The fraction of sp³-hybridized carbons (Fsp3) is 0.400. The third kappa shape index (κ3) is 4.86. The number of hydrogen-bond donors (Lipinski definition) is 1. The molecule has 3 rings (SSSR count). The van der Waals surface area contributed by atoms with Gasteiger partial charge in [-0.1, -0.05) is 18.2 Å². The molecule has 1 aromatic carbocycles. The van der Waals surface area contributed by atoms with E-state index < -0.39 is 0 Å². The van der Waals surface area contributed by atoms with Gasteiger partial charge in [-0.25, -0.2) is 4.39 Å². The Balaban J connectivity index is 1.45. The molecule has 0 radical (unpaired) electrons. The van der Waals surface area contributed by atoms with Crippen LogP contribution in [-0.2, 0) is 17.8 Å². The molecule has 1 unspecified atom stereocenters. The molecule has 1 fully saturated rings. The summed E-state index contributed by atoms with van der Waals surface area (Å²) in [6.45, 7) is 2.25. The summed E-state index contributed by atoms with van der Waals surface area (Å²) in [7, 11) is 0. The molecule has 0 saturated carbocycles. The van der Waals surface area contributed by atoms with E-state index in [4.69, 9.17) is 0 Å². The van der Waals surface area contributed by atoms with Crippen molar-refractivity contribution in [2.75, 3.05) is 13.1 Å². The first-order valence-corrected chi connectivity index (χ1v) is 8.86. The molecule has 132 valence electrons. The molecule has 0 bridgehead atoms. The summed E-state index contributed by atoms with van der Waals surface area (Å²) in [5, 5.41) is 3.42. The fourth-order valence-electron chi connectivity index (χ4n) is 3.34. The van der Waals surface area contributed by atoms with Gasteiger partial charge in [-0.15, -0.1) is 0 Å². The van der Waals surface area contributed by atoms with Gasteiger partial charge in [0.25, 0.3) is 0 Å². The molecular formula is C20H24FN3O. The molecule has 1 N–H and O–H groups in total. The van der Waals surface area contributed by atoms with E-state index in [1.807, 2.05) is 23.1 Å². The number of benzene rings is 1. The second-order valence-corrected chi connectivity index (χ2v) is 6.44. The van der Waals surface area contributed by atoms with Crippen LogP contribution in [0, 0.1) is 5.82 Å². The maximum absolute atomic E-state index is 13.7. The van der Waals surface area contributed by atoms with Crippen LogP contribution in [0.15, 0.2) is 48.8 Å². The van der Waals surface area contributed by atoms with Crippen LogP contribution in [0.25, 0.3) is 0 Å². The van der Waals surface area contributed by atoms with E-state index in [0.717, 1.165) is 25.9 Å². The number of nitrogens with zero attached hydrogens (tertiary/aromatic N) is 2. The van der Waals surface area contributed by atoms with Gasteiger partial charge in [0.1, 0.15) is 5.82 Å². The molecule has 1 aliphatic rings. The zero-order chi connectivity index (χ0) is 17.5. The maximum atomic E-state index is 13.7. The molecule has 0 aliphatic carbocycles. The molecule has 1 atom stereocenters. The zero-order valence-corrected chi connectivity index (χ0v) is 14.3. The number of pyridine rings is 1. The average molecular weight is 341 g/mol. The highest BCUT2D eigenvalue weighted by Crippen LogP contribution is 2.22. The van der Waals surface area contributed by atoms with Crippen molar-refractivity contribution in [1.82, 2.24) is 15.2 Å². The van der Waals surface area contributed by atoms with Crippen LogP contribution >= 0.6 is 0 Å². The molecule has 1 saturated heterocycles. The molecule has 2 aromatic rings. The summed E-state index contributed by atoms with van der Waals surface area (Å²) in [6.07, 6.45) is 6.57. The molecule has 1 aliphatic heterocycles. The predicted molar refractivity (Wildman–Crippen MR) is 95.4 cm³/mol. The molecule has 1 amide bonds. The lowest BCUT2D eigenvalue weighted by molar-refractivity contribution is -0.129. The highest BCUT2D eigenvalue weighted by Gasteiger charge is 2.30. The van der Waals surface area contributed by atoms with E-state index in [1.54, 1.807) is 24.5 Å². The summed E-state index contributed by atoms with van der Waals surface area (Å²) in [5.74, 6) is 0.000173. The van der Waals surface area contributed by atoms with Gasteiger partial charge in [0.2, 0.25) is 5.91 Å². The lowest BCUT2D eigenvalue weighted by atomic mass is 10.1. The van der Waals surface area contributed by atoms with Crippen LogP contribution in [0.1, 0.15) is 30.4 Å². The van der Waals surface area contributed by atoms with Crippen molar-refractivity contribution >= 4 is 5.91 Å². The van der Waals surface area contributed by atoms with Crippen molar-refractivity contribution in [1.29, 1.82) is 0 Å². The van der Waals surface area contributed by atoms with E-state index >= 15 is 0 Å². The van der Waals surface area contributed by atoms with Crippen LogP contribution in [-0.4, -0.2) is 34.9 Å². The Kier molecular flexibility index (Phi) is 6.12. The van der Waals surface area contributed by atoms with Crippen molar-refractivity contribution in [3.63, 3.8) is 0 Å². The fourth-order valence-corrected chi connectivity index (χ4v) is 3.34. The molecule has 4 nitrogen and oxygen atoms in total. The third-order valence-electron chi connectivity index (χ3n) is 4.77. The highest BCUT2D eigenvalue weighted by molar-refractivity contribution is 5.78. The number of likely N-dealkylation sites (tertiary alicyclic amines) is 1. The lowest BCUT2D eigenvalue weighted by Gasteiger charge is -2.25. The van der Waals surface area contributed by atoms with E-state index in [-0.39, 0.29) is 17.8 Å². The van der Waals surface area contributed by atoms with Crippen molar-refractivity contribution in [2.45, 2.75) is 38.3 Å². The number of carbonyl (C=O) groups is 1. The Bertz CT molecular complexity index is 692. The normalized spacial score (nSPS) is 17.2. The first kappa shape index (κ1) is 17.5. The standard InChI is InChI=1S/C20H24FN3O/c21-19-4-2-1-3-17(19)10-14-24-18(5-6-20(24)25)9-13-23-15-16-7-11-22-12-8-16/h1-4,7-8,11-12,18,23H,5-6,9-10,13-15H2. The molecular weight excluding hydrogens is 317 g/mol. The van der Waals surface area contributed by atoms with E-state index in [9.17, 15) is 9.18 Å². The summed E-state index contributed by atoms with van der Waals surface area (Å²) >= 11 is 0. The largest absolute Gasteiger partial charge is 0.339 e. The van der Waals surface area contributed by atoms with Gasteiger partial charge in [-0.3, -0.25) is 9.78 Å². The number of nitrogens with one attached hydrogen (secondary N) is 1. The van der Waals surface area contributed by atoms with Crippen LogP contribution < -0.4 is 5.32 Å². The molecule has 2 heterocycles.